The van der Waals surface area contributed by atoms with Gasteiger partial charge in [-0.05, 0) is 25.3 Å². The molecule has 0 bridgehead atoms. The van der Waals surface area contributed by atoms with Crippen LogP contribution in [0.1, 0.15) is 17.4 Å². The lowest BCUT2D eigenvalue weighted by Crippen LogP contribution is -2.35. The van der Waals surface area contributed by atoms with Crippen LogP contribution in [0.15, 0.2) is 18.3 Å². The molecule has 2 N–H and O–H groups in total. The van der Waals surface area contributed by atoms with Crippen molar-refractivity contribution >= 4 is 23.6 Å². The van der Waals surface area contributed by atoms with Gasteiger partial charge in [-0.1, -0.05) is 0 Å². The lowest BCUT2D eigenvalue weighted by atomic mass is 10.3. The number of carbonyl (C=O) groups excluding carboxylic acids is 1. The van der Waals surface area contributed by atoms with Gasteiger partial charge in [0, 0.05) is 18.0 Å². The summed E-state index contributed by atoms with van der Waals surface area (Å²) in [6.45, 7) is 1.71. The molecule has 1 atom stereocenters. The number of carboxylic acid groups (broad SMARTS) is 1. The molecule has 5 nitrogen and oxygen atoms in total. The molecule has 0 aliphatic rings. The minimum absolute atomic E-state index is 0.0608. The van der Waals surface area contributed by atoms with Crippen LogP contribution in [0.4, 0.5) is 0 Å². The molecule has 1 heterocycles. The summed E-state index contributed by atoms with van der Waals surface area (Å²) in [6.07, 6.45) is 3.55. The second kappa shape index (κ2) is 6.34. The number of rotatable bonds is 6. The third kappa shape index (κ3) is 4.14. The Bertz CT molecular complexity index is 403. The van der Waals surface area contributed by atoms with Crippen molar-refractivity contribution < 1.29 is 14.7 Å². The van der Waals surface area contributed by atoms with E-state index in [0.717, 1.165) is 5.75 Å². The fourth-order valence-electron chi connectivity index (χ4n) is 1.49. The summed E-state index contributed by atoms with van der Waals surface area (Å²) in [7, 11) is 0. The maximum absolute atomic E-state index is 11.9. The van der Waals surface area contributed by atoms with Gasteiger partial charge in [0.2, 0.25) is 0 Å². The van der Waals surface area contributed by atoms with Crippen LogP contribution in [0.3, 0.4) is 0 Å². The number of amides is 1. The summed E-state index contributed by atoms with van der Waals surface area (Å²) >= 11 is 1.65. The molecular weight excluding hydrogens is 240 g/mol. The third-order valence-corrected chi connectivity index (χ3v) is 3.00. The number of nitrogens with zero attached hydrogens (tertiary/aromatic N) is 1. The minimum atomic E-state index is -0.965. The molecule has 17 heavy (non-hydrogen) atoms. The molecule has 0 aromatic carbocycles. The Kier molecular flexibility index (Phi) is 5.09. The Morgan fingerprint density at radius 2 is 2.29 bits per heavy atom. The molecule has 0 aliphatic heterocycles. The Morgan fingerprint density at radius 3 is 2.88 bits per heavy atom. The number of nitrogens with one attached hydrogen (secondary N) is 1. The molecule has 6 heteroatoms. The van der Waals surface area contributed by atoms with Gasteiger partial charge in [-0.25, -0.2) is 0 Å². The van der Waals surface area contributed by atoms with Crippen LogP contribution in [0.25, 0.3) is 0 Å². The van der Waals surface area contributed by atoms with Gasteiger partial charge in [-0.2, -0.15) is 11.8 Å². The van der Waals surface area contributed by atoms with Gasteiger partial charge >= 0.3 is 5.97 Å². The summed E-state index contributed by atoms with van der Waals surface area (Å²) in [5.41, 5.74) is 0.375. The van der Waals surface area contributed by atoms with E-state index in [0.29, 0.717) is 5.69 Å². The molecule has 0 spiro atoms. The van der Waals surface area contributed by atoms with E-state index in [4.69, 9.17) is 5.11 Å². The third-order valence-electron chi connectivity index (χ3n) is 2.16. The Labute approximate surface area is 104 Å². The lowest BCUT2D eigenvalue weighted by molar-refractivity contribution is -0.137. The van der Waals surface area contributed by atoms with E-state index >= 15 is 0 Å². The highest BCUT2D eigenvalue weighted by Gasteiger charge is 2.14. The predicted octanol–water partition coefficient (Wildman–Crippen LogP) is 1.05. The number of thioether (sulfide) groups is 1. The van der Waals surface area contributed by atoms with Crippen molar-refractivity contribution in [3.8, 4) is 0 Å². The number of hydrogen-bond donors (Lipinski definition) is 2. The quantitative estimate of drug-likeness (QED) is 0.798. The van der Waals surface area contributed by atoms with Gasteiger partial charge in [-0.15, -0.1) is 0 Å². The summed E-state index contributed by atoms with van der Waals surface area (Å²) < 4.78 is 1.42. The van der Waals surface area contributed by atoms with Gasteiger partial charge in [0.25, 0.3) is 5.91 Å². The maximum atomic E-state index is 11.9. The summed E-state index contributed by atoms with van der Waals surface area (Å²) in [6, 6.07) is 3.34. The Balaban J connectivity index is 2.68. The Hall–Kier alpha value is -1.43. The SMILES string of the molecule is CSCC(C)NC(=O)c1cccn1CC(=O)O. The fraction of sp³-hybridized carbons (Fsp3) is 0.455. The van der Waals surface area contributed by atoms with Crippen molar-refractivity contribution in [2.75, 3.05) is 12.0 Å². The summed E-state index contributed by atoms with van der Waals surface area (Å²) in [5, 5.41) is 11.5. The van der Waals surface area contributed by atoms with Crippen molar-refractivity contribution in [3.05, 3.63) is 24.0 Å². The van der Waals surface area contributed by atoms with Crippen LogP contribution < -0.4 is 5.32 Å². The minimum Gasteiger partial charge on any atom is -0.480 e. The van der Waals surface area contributed by atoms with Crippen molar-refractivity contribution in [1.82, 2.24) is 9.88 Å². The van der Waals surface area contributed by atoms with E-state index in [-0.39, 0.29) is 18.5 Å². The number of aromatic nitrogens is 1. The molecule has 1 unspecified atom stereocenters. The van der Waals surface area contributed by atoms with E-state index in [2.05, 4.69) is 5.32 Å². The zero-order valence-electron chi connectivity index (χ0n) is 9.84. The first-order valence-electron chi connectivity index (χ1n) is 5.21. The second-order valence-electron chi connectivity index (χ2n) is 3.74. The number of carboxylic acids is 1. The van der Waals surface area contributed by atoms with Crippen molar-refractivity contribution in [2.24, 2.45) is 0 Å². The zero-order chi connectivity index (χ0) is 12.8. The average molecular weight is 256 g/mol. The first kappa shape index (κ1) is 13.6. The van der Waals surface area contributed by atoms with Gasteiger partial charge in [-0.3, -0.25) is 9.59 Å². The maximum Gasteiger partial charge on any atom is 0.323 e. The highest BCUT2D eigenvalue weighted by Crippen LogP contribution is 2.04. The second-order valence-corrected chi connectivity index (χ2v) is 4.66. The van der Waals surface area contributed by atoms with Crippen LogP contribution >= 0.6 is 11.8 Å². The lowest BCUT2D eigenvalue weighted by Gasteiger charge is -2.13. The van der Waals surface area contributed by atoms with Crippen molar-refractivity contribution in [1.29, 1.82) is 0 Å². The molecule has 1 aromatic heterocycles. The molecule has 94 valence electrons. The van der Waals surface area contributed by atoms with Gasteiger partial charge in [0.05, 0.1) is 0 Å². The van der Waals surface area contributed by atoms with E-state index in [1.165, 1.54) is 4.57 Å². The molecule has 0 radical (unpaired) electrons. The molecule has 1 aromatic rings. The Morgan fingerprint density at radius 1 is 1.59 bits per heavy atom. The largest absolute Gasteiger partial charge is 0.480 e. The zero-order valence-corrected chi connectivity index (χ0v) is 10.7. The standard InChI is InChI=1S/C11H16N2O3S/c1-8(7-17-2)12-11(16)9-4-3-5-13(9)6-10(14)15/h3-5,8H,6-7H2,1-2H3,(H,12,16)(H,14,15). The number of carbonyl (C=O) groups is 2. The predicted molar refractivity (Wildman–Crippen MR) is 67.4 cm³/mol. The van der Waals surface area contributed by atoms with Crippen LogP contribution in [0, 0.1) is 0 Å². The normalized spacial score (nSPS) is 12.1. The molecule has 0 saturated heterocycles. The highest BCUT2D eigenvalue weighted by molar-refractivity contribution is 7.98. The van der Waals surface area contributed by atoms with Crippen LogP contribution in [0.5, 0.6) is 0 Å². The smallest absolute Gasteiger partial charge is 0.323 e. The first-order chi connectivity index (χ1) is 8.04. The fourth-order valence-corrected chi connectivity index (χ4v) is 2.08. The molecule has 1 rings (SSSR count). The summed E-state index contributed by atoms with van der Waals surface area (Å²) in [5.74, 6) is -0.379. The van der Waals surface area contributed by atoms with Crippen molar-refractivity contribution in [3.63, 3.8) is 0 Å². The molecule has 1 amide bonds. The van der Waals surface area contributed by atoms with E-state index in [9.17, 15) is 9.59 Å². The van der Waals surface area contributed by atoms with Crippen LogP contribution in [-0.2, 0) is 11.3 Å². The highest BCUT2D eigenvalue weighted by atomic mass is 32.2. The van der Waals surface area contributed by atoms with Gasteiger partial charge in [0.15, 0.2) is 0 Å². The molecule has 0 aliphatic carbocycles. The molecule has 0 saturated carbocycles. The van der Waals surface area contributed by atoms with Gasteiger partial charge in [0.1, 0.15) is 12.2 Å². The summed E-state index contributed by atoms with van der Waals surface area (Å²) in [4.78, 5) is 22.5. The van der Waals surface area contributed by atoms with Gasteiger partial charge < -0.3 is 15.0 Å². The molecular formula is C11H16N2O3S. The number of aliphatic carboxylic acids is 1. The first-order valence-corrected chi connectivity index (χ1v) is 6.60. The van der Waals surface area contributed by atoms with Crippen molar-refractivity contribution in [2.45, 2.75) is 19.5 Å². The average Bonchev–Trinajstić information content (AvgIpc) is 2.65. The van der Waals surface area contributed by atoms with Crippen LogP contribution in [-0.4, -0.2) is 39.6 Å². The van der Waals surface area contributed by atoms with E-state index < -0.39 is 5.97 Å². The van der Waals surface area contributed by atoms with E-state index in [1.807, 2.05) is 13.2 Å². The number of hydrogen-bond acceptors (Lipinski definition) is 3. The van der Waals surface area contributed by atoms with E-state index in [1.54, 1.807) is 30.1 Å². The topological polar surface area (TPSA) is 71.3 Å². The van der Waals surface area contributed by atoms with Crippen LogP contribution in [0.2, 0.25) is 0 Å². The molecule has 0 fully saturated rings. The monoisotopic (exact) mass is 256 g/mol.